The van der Waals surface area contributed by atoms with Crippen molar-refractivity contribution in [2.45, 2.75) is 78.7 Å². The summed E-state index contributed by atoms with van der Waals surface area (Å²) < 4.78 is 0. The highest BCUT2D eigenvalue weighted by atomic mass is 15.2. The van der Waals surface area contributed by atoms with Gasteiger partial charge in [0.25, 0.3) is 0 Å². The maximum absolute atomic E-state index is 5.74. The highest BCUT2D eigenvalue weighted by Crippen LogP contribution is 2.24. The van der Waals surface area contributed by atoms with Crippen LogP contribution in [-0.4, -0.2) is 6.04 Å². The van der Waals surface area contributed by atoms with E-state index in [-0.39, 0.29) is 0 Å². The molecule has 0 heterocycles. The Morgan fingerprint density at radius 1 is 0.938 bits per heavy atom. The van der Waals surface area contributed by atoms with Crippen LogP contribution in [0.1, 0.15) is 72.6 Å². The van der Waals surface area contributed by atoms with Crippen molar-refractivity contribution in [2.24, 2.45) is 17.7 Å². The van der Waals surface area contributed by atoms with Crippen molar-refractivity contribution in [3.05, 3.63) is 0 Å². The molecular formula is C14H32N2. The van der Waals surface area contributed by atoms with Gasteiger partial charge in [-0.25, -0.2) is 0 Å². The largest absolute Gasteiger partial charge is 0.271 e. The van der Waals surface area contributed by atoms with Gasteiger partial charge in [-0.2, -0.15) is 0 Å². The molecule has 0 saturated heterocycles. The van der Waals surface area contributed by atoms with E-state index in [1.807, 2.05) is 0 Å². The van der Waals surface area contributed by atoms with Crippen molar-refractivity contribution in [3.63, 3.8) is 0 Å². The van der Waals surface area contributed by atoms with E-state index in [0.29, 0.717) is 6.04 Å². The van der Waals surface area contributed by atoms with Crippen LogP contribution in [-0.2, 0) is 0 Å². The number of rotatable bonds is 10. The first-order chi connectivity index (χ1) is 7.73. The van der Waals surface area contributed by atoms with Crippen LogP contribution in [0.5, 0.6) is 0 Å². The monoisotopic (exact) mass is 228 g/mol. The summed E-state index contributed by atoms with van der Waals surface area (Å²) in [6, 6.07) is 0.518. The second-order valence-corrected chi connectivity index (χ2v) is 5.03. The summed E-state index contributed by atoms with van der Waals surface area (Å²) in [5.74, 6) is 7.34. The van der Waals surface area contributed by atoms with E-state index in [4.69, 9.17) is 5.84 Å². The van der Waals surface area contributed by atoms with Crippen LogP contribution in [0, 0.1) is 11.8 Å². The third-order valence-corrected chi connectivity index (χ3v) is 3.84. The van der Waals surface area contributed by atoms with E-state index >= 15 is 0 Å². The number of nitrogens with one attached hydrogen (secondary N) is 1. The van der Waals surface area contributed by atoms with Gasteiger partial charge in [0, 0.05) is 6.04 Å². The second kappa shape index (κ2) is 10.1. The average molecular weight is 228 g/mol. The fourth-order valence-electron chi connectivity index (χ4n) is 2.67. The zero-order chi connectivity index (χ0) is 12.4. The van der Waals surface area contributed by atoms with Gasteiger partial charge in [-0.1, -0.05) is 53.4 Å². The topological polar surface area (TPSA) is 38.0 Å². The van der Waals surface area contributed by atoms with Crippen LogP contribution in [0.15, 0.2) is 0 Å². The van der Waals surface area contributed by atoms with Crippen LogP contribution in [0.2, 0.25) is 0 Å². The highest BCUT2D eigenvalue weighted by Gasteiger charge is 2.21. The molecule has 0 bridgehead atoms. The molecule has 0 aliphatic heterocycles. The second-order valence-electron chi connectivity index (χ2n) is 5.03. The van der Waals surface area contributed by atoms with Gasteiger partial charge in [-0.15, -0.1) is 0 Å². The summed E-state index contributed by atoms with van der Waals surface area (Å²) in [6.45, 7) is 9.12. The van der Waals surface area contributed by atoms with Crippen LogP contribution < -0.4 is 11.3 Å². The molecule has 0 saturated carbocycles. The zero-order valence-electron chi connectivity index (χ0n) is 11.8. The van der Waals surface area contributed by atoms with Gasteiger partial charge in [0.05, 0.1) is 0 Å². The number of nitrogens with two attached hydrogens (primary N) is 1. The lowest BCUT2D eigenvalue weighted by atomic mass is 9.83. The zero-order valence-corrected chi connectivity index (χ0v) is 11.8. The summed E-state index contributed by atoms with van der Waals surface area (Å²) in [7, 11) is 0. The average Bonchev–Trinajstić information content (AvgIpc) is 2.31. The first-order valence-electron chi connectivity index (χ1n) is 7.19. The van der Waals surface area contributed by atoms with E-state index in [1.165, 1.54) is 44.9 Å². The Morgan fingerprint density at radius 3 is 1.75 bits per heavy atom. The number of hydrogen-bond donors (Lipinski definition) is 2. The Morgan fingerprint density at radius 2 is 1.44 bits per heavy atom. The molecule has 0 aliphatic carbocycles. The van der Waals surface area contributed by atoms with Crippen molar-refractivity contribution in [3.8, 4) is 0 Å². The van der Waals surface area contributed by atoms with E-state index in [2.05, 4.69) is 33.1 Å². The molecule has 3 N–H and O–H groups in total. The first-order valence-corrected chi connectivity index (χ1v) is 7.19. The fourth-order valence-corrected chi connectivity index (χ4v) is 2.67. The molecule has 0 amide bonds. The molecule has 0 aromatic carbocycles. The van der Waals surface area contributed by atoms with Gasteiger partial charge >= 0.3 is 0 Å². The third kappa shape index (κ3) is 5.86. The molecule has 1 unspecified atom stereocenters. The van der Waals surface area contributed by atoms with Gasteiger partial charge in [0.15, 0.2) is 0 Å². The lowest BCUT2D eigenvalue weighted by molar-refractivity contribution is 0.258. The first kappa shape index (κ1) is 15.9. The molecule has 0 fully saturated rings. The minimum atomic E-state index is 0.518. The van der Waals surface area contributed by atoms with Crippen LogP contribution in [0.4, 0.5) is 0 Å². The van der Waals surface area contributed by atoms with Crippen molar-refractivity contribution in [1.29, 1.82) is 0 Å². The molecule has 0 radical (unpaired) electrons. The quantitative estimate of drug-likeness (QED) is 0.440. The molecule has 16 heavy (non-hydrogen) atoms. The Labute approximate surface area is 102 Å². The molecule has 0 rings (SSSR count). The number of hydrogen-bond acceptors (Lipinski definition) is 2. The van der Waals surface area contributed by atoms with Crippen molar-refractivity contribution < 1.29 is 0 Å². The number of hydrazine groups is 1. The normalized spacial score (nSPS) is 13.7. The summed E-state index contributed by atoms with van der Waals surface area (Å²) in [5, 5.41) is 0. The van der Waals surface area contributed by atoms with Gasteiger partial charge in [-0.05, 0) is 31.1 Å². The fraction of sp³-hybridized carbons (Fsp3) is 1.00. The molecule has 1 atom stereocenters. The molecule has 98 valence electrons. The SMILES string of the molecule is CCCC(CCC)C(CC(CC)CC)NN. The van der Waals surface area contributed by atoms with Gasteiger partial charge in [0.1, 0.15) is 0 Å². The van der Waals surface area contributed by atoms with Crippen LogP contribution >= 0.6 is 0 Å². The standard InChI is InChI=1S/C14H32N2/c1-5-9-13(10-6-2)14(16-15)11-12(7-3)8-4/h12-14,16H,5-11,15H2,1-4H3. The minimum Gasteiger partial charge on any atom is -0.271 e. The predicted molar refractivity (Wildman–Crippen MR) is 73.1 cm³/mol. The molecular weight excluding hydrogens is 196 g/mol. The maximum Gasteiger partial charge on any atom is 0.0241 e. The Kier molecular flexibility index (Phi) is 10.0. The van der Waals surface area contributed by atoms with E-state index < -0.39 is 0 Å². The lowest BCUT2D eigenvalue weighted by Crippen LogP contribution is -2.42. The van der Waals surface area contributed by atoms with E-state index in [1.54, 1.807) is 0 Å². The smallest absolute Gasteiger partial charge is 0.0241 e. The summed E-state index contributed by atoms with van der Waals surface area (Å²) >= 11 is 0. The maximum atomic E-state index is 5.74. The Balaban J connectivity index is 4.27. The summed E-state index contributed by atoms with van der Waals surface area (Å²) in [5.41, 5.74) is 3.07. The molecule has 2 nitrogen and oxygen atoms in total. The van der Waals surface area contributed by atoms with E-state index in [0.717, 1.165) is 11.8 Å². The van der Waals surface area contributed by atoms with Crippen molar-refractivity contribution in [1.82, 2.24) is 5.43 Å². The molecule has 2 heteroatoms. The van der Waals surface area contributed by atoms with Gasteiger partial charge in [-0.3, -0.25) is 11.3 Å². The third-order valence-electron chi connectivity index (χ3n) is 3.84. The summed E-state index contributed by atoms with van der Waals surface area (Å²) in [4.78, 5) is 0. The Bertz CT molecular complexity index is 138. The molecule has 0 aromatic rings. The molecule has 0 aromatic heterocycles. The Hall–Kier alpha value is -0.0800. The van der Waals surface area contributed by atoms with Crippen molar-refractivity contribution in [2.75, 3.05) is 0 Å². The van der Waals surface area contributed by atoms with Crippen molar-refractivity contribution >= 4 is 0 Å². The molecule has 0 spiro atoms. The minimum absolute atomic E-state index is 0.518. The molecule has 0 aliphatic rings. The van der Waals surface area contributed by atoms with Crippen LogP contribution in [0.25, 0.3) is 0 Å². The highest BCUT2D eigenvalue weighted by molar-refractivity contribution is 4.77. The summed E-state index contributed by atoms with van der Waals surface area (Å²) in [6.07, 6.45) is 8.96. The lowest BCUT2D eigenvalue weighted by Gasteiger charge is -2.29. The van der Waals surface area contributed by atoms with E-state index in [9.17, 15) is 0 Å². The predicted octanol–water partition coefficient (Wildman–Crippen LogP) is 3.86. The van der Waals surface area contributed by atoms with Gasteiger partial charge < -0.3 is 0 Å². The van der Waals surface area contributed by atoms with Crippen LogP contribution in [0.3, 0.4) is 0 Å². The van der Waals surface area contributed by atoms with Gasteiger partial charge in [0.2, 0.25) is 0 Å².